The molecular formula is C16H24O2P2Y-2. The summed E-state index contributed by atoms with van der Waals surface area (Å²) in [6.45, 7) is 8.90. The molecular weight excluding hydrogens is 375 g/mol. The molecule has 5 heteroatoms. The Labute approximate surface area is 156 Å². The summed E-state index contributed by atoms with van der Waals surface area (Å²) in [7, 11) is -1.04. The van der Waals surface area contributed by atoms with Crippen molar-refractivity contribution < 1.29 is 42.3 Å². The summed E-state index contributed by atoms with van der Waals surface area (Å²) >= 11 is 0. The van der Waals surface area contributed by atoms with Gasteiger partial charge < -0.3 is 9.59 Å². The summed E-state index contributed by atoms with van der Waals surface area (Å²) in [4.78, 5) is 23.2. The molecule has 0 unspecified atom stereocenters. The van der Waals surface area contributed by atoms with Crippen molar-refractivity contribution in [2.45, 2.75) is 76.0 Å². The number of hydrogen-bond acceptors (Lipinski definition) is 2. The quantitative estimate of drug-likeness (QED) is 0.396. The topological polar surface area (TPSA) is 34.1 Å². The van der Waals surface area contributed by atoms with Crippen molar-refractivity contribution in [2.24, 2.45) is 0 Å². The van der Waals surface area contributed by atoms with E-state index in [4.69, 9.17) is 0 Å². The molecule has 0 aliphatic carbocycles. The molecule has 2 heterocycles. The molecule has 2 aliphatic rings. The van der Waals surface area contributed by atoms with Crippen LogP contribution in [0, 0.1) is 0 Å². The molecule has 21 heavy (non-hydrogen) atoms. The largest absolute Gasteiger partial charge is 0.440 e. The van der Waals surface area contributed by atoms with Gasteiger partial charge in [0.2, 0.25) is 0 Å². The van der Waals surface area contributed by atoms with Crippen LogP contribution in [0.3, 0.4) is 0 Å². The fourth-order valence-corrected chi connectivity index (χ4v) is 10.4. The third-order valence-corrected chi connectivity index (χ3v) is 11.5. The number of rotatable bonds is 4. The van der Waals surface area contributed by atoms with Crippen molar-refractivity contribution in [3.63, 3.8) is 0 Å². The van der Waals surface area contributed by atoms with Crippen LogP contribution in [0.25, 0.3) is 0 Å². The van der Waals surface area contributed by atoms with Gasteiger partial charge in [0, 0.05) is 32.7 Å². The SMILES string of the molecule is C[C@@H]1CC[C@@H](C)P1/C([C-]=O)=C(/[C-]=O)P1[C@H](C)CC[C@H]1C.[Y]. The van der Waals surface area contributed by atoms with Crippen LogP contribution in [0.1, 0.15) is 53.4 Å². The van der Waals surface area contributed by atoms with Gasteiger partial charge in [-0.1, -0.05) is 27.7 Å². The Morgan fingerprint density at radius 1 is 0.714 bits per heavy atom. The van der Waals surface area contributed by atoms with Crippen molar-refractivity contribution in [1.29, 1.82) is 0 Å². The summed E-state index contributed by atoms with van der Waals surface area (Å²) in [5, 5.41) is 1.47. The van der Waals surface area contributed by atoms with Gasteiger partial charge >= 0.3 is 0 Å². The Kier molecular flexibility index (Phi) is 8.39. The van der Waals surface area contributed by atoms with Crippen molar-refractivity contribution >= 4 is 28.4 Å². The van der Waals surface area contributed by atoms with Gasteiger partial charge in [-0.05, 0) is 48.3 Å². The second kappa shape index (κ2) is 8.77. The van der Waals surface area contributed by atoms with Crippen LogP contribution in [-0.4, -0.2) is 35.2 Å². The predicted octanol–water partition coefficient (Wildman–Crippen LogP) is 4.52. The maximum Gasteiger partial charge on any atom is 0 e. The Hall–Kier alpha value is 1.04. The summed E-state index contributed by atoms with van der Waals surface area (Å²) < 4.78 is 0. The second-order valence-corrected chi connectivity index (χ2v) is 12.3. The molecule has 0 aromatic rings. The van der Waals surface area contributed by atoms with E-state index in [1.165, 1.54) is 25.7 Å². The molecule has 2 aliphatic heterocycles. The zero-order valence-corrected chi connectivity index (χ0v) is 18.1. The van der Waals surface area contributed by atoms with E-state index in [2.05, 4.69) is 40.3 Å². The van der Waals surface area contributed by atoms with Crippen LogP contribution in [0.15, 0.2) is 10.6 Å². The molecule has 0 amide bonds. The average molecular weight is 399 g/mol. The van der Waals surface area contributed by atoms with Crippen LogP contribution in [0.4, 0.5) is 0 Å². The van der Waals surface area contributed by atoms with Crippen LogP contribution in [0.5, 0.6) is 0 Å². The fourth-order valence-electron chi connectivity index (χ4n) is 3.72. The first-order valence-corrected chi connectivity index (χ1v) is 10.5. The zero-order valence-electron chi connectivity index (χ0n) is 13.4. The molecule has 115 valence electrons. The molecule has 2 fully saturated rings. The molecule has 0 aromatic heterocycles. The first-order chi connectivity index (χ1) is 9.51. The van der Waals surface area contributed by atoms with E-state index in [1.54, 1.807) is 0 Å². The fraction of sp³-hybridized carbons (Fsp3) is 0.750. The van der Waals surface area contributed by atoms with Crippen LogP contribution < -0.4 is 0 Å². The molecule has 2 nitrogen and oxygen atoms in total. The minimum Gasteiger partial charge on any atom is -0.440 e. The summed E-state index contributed by atoms with van der Waals surface area (Å²) in [6, 6.07) is 0. The second-order valence-electron chi connectivity index (χ2n) is 6.27. The predicted molar refractivity (Wildman–Crippen MR) is 88.6 cm³/mol. The Morgan fingerprint density at radius 2 is 0.952 bits per heavy atom. The van der Waals surface area contributed by atoms with Gasteiger partial charge in [0.15, 0.2) is 0 Å². The summed E-state index contributed by atoms with van der Waals surface area (Å²) in [5.41, 5.74) is 2.18. The normalized spacial score (nSPS) is 35.2. The number of hydrogen-bond donors (Lipinski definition) is 0. The van der Waals surface area contributed by atoms with Crippen LogP contribution in [0.2, 0.25) is 0 Å². The van der Waals surface area contributed by atoms with Crippen molar-refractivity contribution in [3.8, 4) is 0 Å². The number of carbonyl (C=O) groups excluding carboxylic acids is 2. The smallest absolute Gasteiger partial charge is 0 e. The molecule has 0 aromatic carbocycles. The first kappa shape index (κ1) is 20.1. The molecule has 0 N–H and O–H groups in total. The van der Waals surface area contributed by atoms with Crippen molar-refractivity contribution in [1.82, 2.24) is 0 Å². The van der Waals surface area contributed by atoms with Crippen LogP contribution in [-0.2, 0) is 42.3 Å². The third-order valence-electron chi connectivity index (χ3n) is 4.84. The minimum atomic E-state index is -0.521. The van der Waals surface area contributed by atoms with Gasteiger partial charge in [-0.25, -0.2) is 0 Å². The van der Waals surface area contributed by atoms with E-state index in [9.17, 15) is 9.59 Å². The molecule has 4 atom stereocenters. The van der Waals surface area contributed by atoms with E-state index < -0.39 is 15.8 Å². The maximum absolute atomic E-state index is 11.6. The Morgan fingerprint density at radius 3 is 1.14 bits per heavy atom. The zero-order chi connectivity index (χ0) is 14.9. The van der Waals surface area contributed by atoms with E-state index in [-0.39, 0.29) is 32.7 Å². The molecule has 0 saturated carbocycles. The monoisotopic (exact) mass is 399 g/mol. The van der Waals surface area contributed by atoms with Crippen molar-refractivity contribution in [3.05, 3.63) is 10.6 Å². The van der Waals surface area contributed by atoms with Gasteiger partial charge in [0.05, 0.1) is 0 Å². The first-order valence-electron chi connectivity index (χ1n) is 7.58. The van der Waals surface area contributed by atoms with Gasteiger partial charge in [-0.3, -0.25) is 10.6 Å². The molecule has 1 radical (unpaired) electrons. The van der Waals surface area contributed by atoms with Crippen molar-refractivity contribution in [2.75, 3.05) is 0 Å². The summed E-state index contributed by atoms with van der Waals surface area (Å²) in [5.74, 6) is 0. The Balaban J connectivity index is 0.00000220. The van der Waals surface area contributed by atoms with E-state index in [0.29, 0.717) is 22.6 Å². The van der Waals surface area contributed by atoms with E-state index in [1.807, 2.05) is 0 Å². The van der Waals surface area contributed by atoms with Gasteiger partial charge in [-0.15, -0.1) is 12.6 Å². The third kappa shape index (κ3) is 4.12. The van der Waals surface area contributed by atoms with Crippen LogP contribution >= 0.6 is 15.8 Å². The van der Waals surface area contributed by atoms with E-state index >= 15 is 0 Å². The standard InChI is InChI=1S/C16H24O2P2.Y/c1-11-5-6-12(2)19(11)15(9-17)16(10-18)20-13(3)7-8-14(20)4;/h11-14H,5-8H2,1-4H3;/q-2;/b16-15-;/t11-,12-,13-,14-;/m1./s1. The molecule has 2 saturated heterocycles. The molecule has 0 bridgehead atoms. The maximum atomic E-state index is 11.6. The molecule has 0 spiro atoms. The van der Waals surface area contributed by atoms with Gasteiger partial charge in [0.1, 0.15) is 0 Å². The summed E-state index contributed by atoms with van der Waals surface area (Å²) in [6.07, 6.45) is 9.07. The average Bonchev–Trinajstić information content (AvgIpc) is 2.92. The van der Waals surface area contributed by atoms with Gasteiger partial charge in [-0.2, -0.15) is 15.8 Å². The Bertz CT molecular complexity index is 367. The molecule has 2 rings (SSSR count). The minimum absolute atomic E-state index is 0. The van der Waals surface area contributed by atoms with E-state index in [0.717, 1.165) is 10.6 Å². The van der Waals surface area contributed by atoms with Gasteiger partial charge in [0.25, 0.3) is 0 Å². The number of allylic oxidation sites excluding steroid dienone is 2.